The molecular weight excluding hydrogens is 658 g/mol. The van der Waals surface area contributed by atoms with Crippen LogP contribution in [-0.2, 0) is 9.63 Å². The van der Waals surface area contributed by atoms with Crippen LogP contribution >= 0.6 is 23.2 Å². The zero-order valence-electron chi connectivity index (χ0n) is 27.4. The molecule has 0 spiro atoms. The minimum absolute atomic E-state index is 0.130. The highest BCUT2D eigenvalue weighted by atomic mass is 35.5. The molecule has 3 aromatic rings. The van der Waals surface area contributed by atoms with Gasteiger partial charge in [0.2, 0.25) is 5.91 Å². The molecule has 3 aliphatic rings. The molecule has 1 aromatic heterocycles. The van der Waals surface area contributed by atoms with Crippen molar-refractivity contribution in [3.8, 4) is 5.75 Å². The predicted octanol–water partition coefficient (Wildman–Crippen LogP) is 6.29. The van der Waals surface area contributed by atoms with Crippen LogP contribution in [-0.4, -0.2) is 91.7 Å². The number of methoxy groups -OCH3 is 1. The average Bonchev–Trinajstić information content (AvgIpc) is 3.79. The van der Waals surface area contributed by atoms with Crippen LogP contribution in [0.3, 0.4) is 0 Å². The number of nitrogens with one attached hydrogen (secondary N) is 2. The Bertz CT molecular complexity index is 1650. The number of aromatic nitrogens is 2. The smallest absolute Gasteiger partial charge is 0.247 e. The monoisotopic (exact) mass is 698 g/mol. The molecular formula is C34H41Cl2FN8O3. The summed E-state index contributed by atoms with van der Waals surface area (Å²) in [6.07, 6.45) is 6.44. The maximum atomic E-state index is 15.1. The molecule has 3 aliphatic heterocycles. The summed E-state index contributed by atoms with van der Waals surface area (Å²) in [6, 6.07) is 9.33. The molecule has 3 saturated heterocycles. The lowest BCUT2D eigenvalue weighted by Gasteiger charge is -2.39. The lowest BCUT2D eigenvalue weighted by atomic mass is 10.0. The third-order valence-corrected chi connectivity index (χ3v) is 10.3. The van der Waals surface area contributed by atoms with Crippen molar-refractivity contribution in [3.05, 3.63) is 70.7 Å². The zero-order chi connectivity index (χ0) is 33.9. The molecule has 14 heteroatoms. The molecule has 0 saturated carbocycles. The van der Waals surface area contributed by atoms with Gasteiger partial charge in [-0.1, -0.05) is 35.8 Å². The Morgan fingerprint density at radius 2 is 1.90 bits per heavy atom. The number of likely N-dealkylation sites (N-methyl/N-ethyl adjacent to an activating group) is 1. The molecule has 0 radical (unpaired) electrons. The van der Waals surface area contributed by atoms with Crippen molar-refractivity contribution >= 4 is 57.8 Å². The van der Waals surface area contributed by atoms with E-state index in [9.17, 15) is 4.79 Å². The van der Waals surface area contributed by atoms with Crippen LogP contribution in [0.1, 0.15) is 37.3 Å². The van der Waals surface area contributed by atoms with Gasteiger partial charge in [-0.2, -0.15) is 0 Å². The van der Waals surface area contributed by atoms with E-state index in [2.05, 4.69) is 56.0 Å². The summed E-state index contributed by atoms with van der Waals surface area (Å²) in [4.78, 5) is 34.5. The van der Waals surface area contributed by atoms with E-state index in [1.54, 1.807) is 30.4 Å². The SMILES string of the molecule is C=CC(=O)Nc1cc(Nc2cc(N3OCC[C@@H]3c3ccc(Cl)c(Cl)c3F)ncn2)c(OC)cc1N1CCC(N2CC[C@H](N(C)C)C2)CC1. The van der Waals surface area contributed by atoms with E-state index in [0.29, 0.717) is 59.4 Å². The lowest BCUT2D eigenvalue weighted by Crippen LogP contribution is -2.45. The Morgan fingerprint density at radius 3 is 2.60 bits per heavy atom. The number of rotatable bonds is 10. The first-order valence-corrected chi connectivity index (χ1v) is 16.9. The molecule has 2 atom stereocenters. The lowest BCUT2D eigenvalue weighted by molar-refractivity contribution is -0.111. The minimum atomic E-state index is -0.589. The number of carbonyl (C=O) groups is 1. The molecule has 48 heavy (non-hydrogen) atoms. The maximum Gasteiger partial charge on any atom is 0.247 e. The summed E-state index contributed by atoms with van der Waals surface area (Å²) in [7, 11) is 5.92. The second kappa shape index (κ2) is 14.8. The van der Waals surface area contributed by atoms with Crippen LogP contribution < -0.4 is 25.3 Å². The fourth-order valence-electron chi connectivity index (χ4n) is 6.82. The molecule has 2 N–H and O–H groups in total. The van der Waals surface area contributed by atoms with Gasteiger partial charge in [-0.25, -0.2) is 19.4 Å². The summed E-state index contributed by atoms with van der Waals surface area (Å²) in [5, 5.41) is 7.87. The number of anilines is 5. The van der Waals surface area contributed by atoms with E-state index in [-0.39, 0.29) is 16.0 Å². The Balaban J connectivity index is 1.22. The first kappa shape index (κ1) is 34.2. The number of halogens is 3. The third kappa shape index (κ3) is 7.18. The van der Waals surface area contributed by atoms with Crippen molar-refractivity contribution in [2.45, 2.75) is 43.8 Å². The number of hydrogen-bond donors (Lipinski definition) is 2. The highest BCUT2D eigenvalue weighted by Gasteiger charge is 2.34. The second-order valence-electron chi connectivity index (χ2n) is 12.5. The highest BCUT2D eigenvalue weighted by Crippen LogP contribution is 2.42. The second-order valence-corrected chi connectivity index (χ2v) is 13.3. The first-order chi connectivity index (χ1) is 23.2. The summed E-state index contributed by atoms with van der Waals surface area (Å²) in [5.41, 5.74) is 2.44. The van der Waals surface area contributed by atoms with Gasteiger partial charge in [0, 0.05) is 62.4 Å². The number of likely N-dealkylation sites (tertiary alicyclic amines) is 1. The molecule has 4 heterocycles. The summed E-state index contributed by atoms with van der Waals surface area (Å²) < 4.78 is 20.9. The van der Waals surface area contributed by atoms with Crippen LogP contribution in [0.15, 0.2) is 49.3 Å². The molecule has 0 bridgehead atoms. The van der Waals surface area contributed by atoms with E-state index in [4.69, 9.17) is 32.8 Å². The van der Waals surface area contributed by atoms with Crippen LogP contribution in [0.25, 0.3) is 0 Å². The van der Waals surface area contributed by atoms with Crippen molar-refractivity contribution in [1.82, 2.24) is 19.8 Å². The van der Waals surface area contributed by atoms with Crippen molar-refractivity contribution in [3.63, 3.8) is 0 Å². The van der Waals surface area contributed by atoms with Gasteiger partial charge in [0.1, 0.15) is 23.7 Å². The van der Waals surface area contributed by atoms with E-state index < -0.39 is 11.9 Å². The number of hydrogen-bond acceptors (Lipinski definition) is 10. The number of benzene rings is 2. The van der Waals surface area contributed by atoms with Gasteiger partial charge in [0.25, 0.3) is 0 Å². The first-order valence-electron chi connectivity index (χ1n) is 16.1. The van der Waals surface area contributed by atoms with Crippen molar-refractivity contribution in [1.29, 1.82) is 0 Å². The minimum Gasteiger partial charge on any atom is -0.494 e. The number of nitrogens with zero attached hydrogens (tertiary/aromatic N) is 6. The van der Waals surface area contributed by atoms with Gasteiger partial charge in [0.15, 0.2) is 5.82 Å². The van der Waals surface area contributed by atoms with Gasteiger partial charge < -0.3 is 25.2 Å². The Morgan fingerprint density at radius 1 is 1.10 bits per heavy atom. The molecule has 1 amide bonds. The largest absolute Gasteiger partial charge is 0.494 e. The van der Waals surface area contributed by atoms with Crippen molar-refractivity contribution in [2.75, 3.05) is 74.6 Å². The van der Waals surface area contributed by atoms with E-state index >= 15 is 4.39 Å². The molecule has 256 valence electrons. The fourth-order valence-corrected chi connectivity index (χ4v) is 7.14. The number of ether oxygens (including phenoxy) is 1. The third-order valence-electron chi connectivity index (χ3n) is 9.48. The van der Waals surface area contributed by atoms with E-state index in [0.717, 1.165) is 44.7 Å². The van der Waals surface area contributed by atoms with Crippen LogP contribution in [0.2, 0.25) is 10.0 Å². The normalized spacial score (nSPS) is 20.4. The maximum absolute atomic E-state index is 15.1. The van der Waals surface area contributed by atoms with Crippen molar-refractivity contribution in [2.24, 2.45) is 0 Å². The van der Waals surface area contributed by atoms with Crippen LogP contribution in [0.5, 0.6) is 5.75 Å². The summed E-state index contributed by atoms with van der Waals surface area (Å²) in [5.74, 6) is 0.539. The van der Waals surface area contributed by atoms with Crippen LogP contribution in [0.4, 0.5) is 33.1 Å². The number of piperidine rings is 1. The van der Waals surface area contributed by atoms with Crippen molar-refractivity contribution < 1.29 is 18.8 Å². The fraction of sp³-hybridized carbons (Fsp3) is 0.441. The van der Waals surface area contributed by atoms with Crippen LogP contribution in [0, 0.1) is 5.82 Å². The Hall–Kier alpha value is -3.68. The Kier molecular flexibility index (Phi) is 10.6. The molecule has 3 fully saturated rings. The quantitative estimate of drug-likeness (QED) is 0.186. The van der Waals surface area contributed by atoms with E-state index in [1.807, 2.05) is 12.1 Å². The van der Waals surface area contributed by atoms with E-state index in [1.165, 1.54) is 18.8 Å². The van der Waals surface area contributed by atoms with Gasteiger partial charge in [-0.05, 0) is 51.6 Å². The molecule has 6 rings (SSSR count). The highest BCUT2D eigenvalue weighted by molar-refractivity contribution is 6.42. The number of hydroxylamine groups is 1. The average molecular weight is 700 g/mol. The molecule has 11 nitrogen and oxygen atoms in total. The van der Waals surface area contributed by atoms with Gasteiger partial charge in [-0.3, -0.25) is 14.5 Å². The van der Waals surface area contributed by atoms with Gasteiger partial charge in [0.05, 0.1) is 46.9 Å². The summed E-state index contributed by atoms with van der Waals surface area (Å²) >= 11 is 12.1. The van der Waals surface area contributed by atoms with Gasteiger partial charge >= 0.3 is 0 Å². The molecule has 2 aromatic carbocycles. The summed E-state index contributed by atoms with van der Waals surface area (Å²) in [6.45, 7) is 7.95. The Labute approximate surface area is 290 Å². The number of amides is 1. The zero-order valence-corrected chi connectivity index (χ0v) is 28.9. The van der Waals surface area contributed by atoms with Gasteiger partial charge in [-0.15, -0.1) is 0 Å². The number of carbonyl (C=O) groups excluding carboxylic acids is 1. The molecule has 0 aliphatic carbocycles. The standard InChI is InChI=1S/C34H41Cl2FN8O3/c1-5-32(46)41-25-16-26(29(47-4)17-28(25)43-12-8-21(9-13-43)44-14-10-22(19-44)42(2)3)40-30-18-31(39-20-38-30)45-27(11-15-48-45)23-6-7-24(35)33(36)34(23)37/h5-7,16-18,20-22,27H,1,8-15,19H2,2-4H3,(H,41,46)(H,38,39,40)/t22-,27+/m0/s1. The molecule has 0 unspecified atom stereocenters. The topological polar surface area (TPSA) is 98.3 Å². The predicted molar refractivity (Wildman–Crippen MR) is 188 cm³/mol.